The van der Waals surface area contributed by atoms with Crippen molar-refractivity contribution in [3.05, 3.63) is 47.0 Å². The highest BCUT2D eigenvalue weighted by molar-refractivity contribution is 7.22. The van der Waals surface area contributed by atoms with Crippen LogP contribution in [0.25, 0.3) is 10.2 Å². The fourth-order valence-corrected chi connectivity index (χ4v) is 4.38. The quantitative estimate of drug-likeness (QED) is 0.408. The van der Waals surface area contributed by atoms with Gasteiger partial charge in [0.15, 0.2) is 5.13 Å². The van der Waals surface area contributed by atoms with Crippen LogP contribution in [-0.4, -0.2) is 56.2 Å². The summed E-state index contributed by atoms with van der Waals surface area (Å²) in [6, 6.07) is 10.8. The second-order valence-corrected chi connectivity index (χ2v) is 8.10. The smallest absolute Gasteiger partial charge is 0.263 e. The Morgan fingerprint density at radius 2 is 1.81 bits per heavy atom. The zero-order chi connectivity index (χ0) is 21.7. The molecule has 2 aromatic carbocycles. The van der Waals surface area contributed by atoms with Gasteiger partial charge in [0, 0.05) is 18.1 Å². The number of benzene rings is 2. The van der Waals surface area contributed by atoms with Gasteiger partial charge in [-0.05, 0) is 49.5 Å². The standard InChI is InChI=1S/C22H26ClN3O3S.ClH/c1-5-25(6-2)11-12-26(21(27)17-13-15(23)7-10-19(17)29-4)22-24-18-9-8-16(28-3)14-20(18)30-22;/h7-10,13-14H,5-6,11-12H2,1-4H3;1H. The average Bonchev–Trinajstić information content (AvgIpc) is 3.19. The third kappa shape index (κ3) is 5.80. The molecule has 0 spiro atoms. The van der Waals surface area contributed by atoms with E-state index >= 15 is 0 Å². The predicted octanol–water partition coefficient (Wildman–Crippen LogP) is 5.38. The zero-order valence-electron chi connectivity index (χ0n) is 18.1. The van der Waals surface area contributed by atoms with Gasteiger partial charge in [0.05, 0.1) is 30.0 Å². The molecule has 0 fully saturated rings. The molecule has 0 saturated heterocycles. The normalized spacial score (nSPS) is 10.8. The molecule has 0 bridgehead atoms. The number of carbonyl (C=O) groups excluding carboxylic acids is 1. The minimum absolute atomic E-state index is 0. The summed E-state index contributed by atoms with van der Waals surface area (Å²) < 4.78 is 11.7. The Bertz CT molecular complexity index is 1020. The number of anilines is 1. The minimum Gasteiger partial charge on any atom is -0.497 e. The zero-order valence-corrected chi connectivity index (χ0v) is 20.4. The number of hydrogen-bond donors (Lipinski definition) is 0. The lowest BCUT2D eigenvalue weighted by Gasteiger charge is -2.25. The van der Waals surface area contributed by atoms with Crippen molar-refractivity contribution in [3.63, 3.8) is 0 Å². The van der Waals surface area contributed by atoms with Crippen molar-refractivity contribution < 1.29 is 14.3 Å². The Hall–Kier alpha value is -2.06. The maximum absolute atomic E-state index is 13.6. The molecule has 9 heteroatoms. The predicted molar refractivity (Wildman–Crippen MR) is 131 cm³/mol. The van der Waals surface area contributed by atoms with Gasteiger partial charge in [-0.1, -0.05) is 36.8 Å². The van der Waals surface area contributed by atoms with E-state index in [9.17, 15) is 4.79 Å². The number of nitrogens with zero attached hydrogens (tertiary/aromatic N) is 3. The summed E-state index contributed by atoms with van der Waals surface area (Å²) in [6.45, 7) is 7.29. The number of aromatic nitrogens is 1. The summed E-state index contributed by atoms with van der Waals surface area (Å²) in [4.78, 5) is 22.3. The Labute approximate surface area is 198 Å². The first-order chi connectivity index (χ1) is 14.5. The number of fused-ring (bicyclic) bond motifs is 1. The maximum atomic E-state index is 13.6. The van der Waals surface area contributed by atoms with E-state index in [1.54, 1.807) is 37.3 Å². The first-order valence-corrected chi connectivity index (χ1v) is 11.0. The Balaban J connectivity index is 0.00000341. The van der Waals surface area contributed by atoms with Crippen LogP contribution in [0.4, 0.5) is 5.13 Å². The molecule has 0 aliphatic rings. The topological polar surface area (TPSA) is 54.9 Å². The second kappa shape index (κ2) is 11.5. The van der Waals surface area contributed by atoms with Gasteiger partial charge in [-0.3, -0.25) is 9.69 Å². The van der Waals surface area contributed by atoms with Gasteiger partial charge in [0.25, 0.3) is 5.91 Å². The SMILES string of the molecule is CCN(CC)CCN(C(=O)c1cc(Cl)ccc1OC)c1nc2ccc(OC)cc2s1.Cl. The van der Waals surface area contributed by atoms with Gasteiger partial charge in [-0.2, -0.15) is 0 Å². The summed E-state index contributed by atoms with van der Waals surface area (Å²) in [5.41, 5.74) is 1.25. The molecule has 0 radical (unpaired) electrons. The van der Waals surface area contributed by atoms with Crippen LogP contribution in [0.2, 0.25) is 5.02 Å². The highest BCUT2D eigenvalue weighted by atomic mass is 35.5. The highest BCUT2D eigenvalue weighted by Crippen LogP contribution is 2.33. The number of amides is 1. The van der Waals surface area contributed by atoms with E-state index in [4.69, 9.17) is 26.1 Å². The Morgan fingerprint density at radius 1 is 1.06 bits per heavy atom. The fraction of sp³-hybridized carbons (Fsp3) is 0.364. The number of thiazole rings is 1. The molecule has 1 amide bonds. The van der Waals surface area contributed by atoms with Crippen LogP contribution in [0.5, 0.6) is 11.5 Å². The molecule has 0 aliphatic carbocycles. The molecule has 1 aromatic heterocycles. The van der Waals surface area contributed by atoms with E-state index in [-0.39, 0.29) is 18.3 Å². The monoisotopic (exact) mass is 483 g/mol. The van der Waals surface area contributed by atoms with Gasteiger partial charge in [0.1, 0.15) is 11.5 Å². The molecular weight excluding hydrogens is 457 g/mol. The van der Waals surface area contributed by atoms with Crippen molar-refractivity contribution in [3.8, 4) is 11.5 Å². The number of halogens is 2. The molecule has 168 valence electrons. The van der Waals surface area contributed by atoms with Gasteiger partial charge in [-0.15, -0.1) is 12.4 Å². The number of methoxy groups -OCH3 is 2. The maximum Gasteiger partial charge on any atom is 0.263 e. The number of rotatable bonds is 9. The van der Waals surface area contributed by atoms with E-state index in [1.807, 2.05) is 18.2 Å². The first-order valence-electron chi connectivity index (χ1n) is 9.83. The molecule has 6 nitrogen and oxygen atoms in total. The molecule has 3 rings (SSSR count). The number of likely N-dealkylation sites (N-methyl/N-ethyl adjacent to an activating group) is 1. The van der Waals surface area contributed by atoms with Crippen LogP contribution >= 0.6 is 35.3 Å². The van der Waals surface area contributed by atoms with E-state index in [0.717, 1.165) is 35.6 Å². The number of hydrogen-bond acceptors (Lipinski definition) is 6. The van der Waals surface area contributed by atoms with Crippen molar-refractivity contribution in [2.24, 2.45) is 0 Å². The van der Waals surface area contributed by atoms with Gasteiger partial charge < -0.3 is 14.4 Å². The third-order valence-electron chi connectivity index (χ3n) is 4.99. The molecular formula is C22H27Cl2N3O3S. The van der Waals surface area contributed by atoms with Crippen LogP contribution in [0.15, 0.2) is 36.4 Å². The van der Waals surface area contributed by atoms with Crippen molar-refractivity contribution in [1.29, 1.82) is 0 Å². The van der Waals surface area contributed by atoms with Crippen LogP contribution in [0, 0.1) is 0 Å². The number of carbonyl (C=O) groups is 1. The van der Waals surface area contributed by atoms with Crippen LogP contribution in [-0.2, 0) is 0 Å². The summed E-state index contributed by atoms with van der Waals surface area (Å²) in [5.74, 6) is 1.06. The molecule has 0 saturated carbocycles. The van der Waals surface area contributed by atoms with Gasteiger partial charge in [-0.25, -0.2) is 4.98 Å². The van der Waals surface area contributed by atoms with E-state index in [0.29, 0.717) is 28.0 Å². The van der Waals surface area contributed by atoms with Gasteiger partial charge in [0.2, 0.25) is 0 Å². The molecule has 0 aliphatic heterocycles. The summed E-state index contributed by atoms with van der Waals surface area (Å²) in [5, 5.41) is 1.12. The molecule has 31 heavy (non-hydrogen) atoms. The minimum atomic E-state index is -0.187. The van der Waals surface area contributed by atoms with E-state index in [1.165, 1.54) is 11.3 Å². The van der Waals surface area contributed by atoms with Crippen molar-refractivity contribution in [1.82, 2.24) is 9.88 Å². The Kier molecular flexibility index (Phi) is 9.37. The highest BCUT2D eigenvalue weighted by Gasteiger charge is 2.25. The summed E-state index contributed by atoms with van der Waals surface area (Å²) in [6.07, 6.45) is 0. The molecule has 0 unspecified atom stereocenters. The van der Waals surface area contributed by atoms with E-state index < -0.39 is 0 Å². The lowest BCUT2D eigenvalue weighted by atomic mass is 10.1. The van der Waals surface area contributed by atoms with Crippen molar-refractivity contribution in [2.45, 2.75) is 13.8 Å². The van der Waals surface area contributed by atoms with E-state index in [2.05, 4.69) is 18.7 Å². The largest absolute Gasteiger partial charge is 0.497 e. The van der Waals surface area contributed by atoms with Crippen molar-refractivity contribution in [2.75, 3.05) is 45.3 Å². The molecule has 1 heterocycles. The van der Waals surface area contributed by atoms with Crippen LogP contribution in [0.1, 0.15) is 24.2 Å². The lowest BCUT2D eigenvalue weighted by Crippen LogP contribution is -2.39. The molecule has 0 atom stereocenters. The summed E-state index contributed by atoms with van der Waals surface area (Å²) in [7, 11) is 3.18. The average molecular weight is 484 g/mol. The molecule has 3 aromatic rings. The van der Waals surface area contributed by atoms with Crippen LogP contribution in [0.3, 0.4) is 0 Å². The first kappa shape index (κ1) is 25.2. The fourth-order valence-electron chi connectivity index (χ4n) is 3.19. The number of ether oxygens (including phenoxy) is 2. The lowest BCUT2D eigenvalue weighted by molar-refractivity contribution is 0.0981. The van der Waals surface area contributed by atoms with Gasteiger partial charge >= 0.3 is 0 Å². The second-order valence-electron chi connectivity index (χ2n) is 6.66. The van der Waals surface area contributed by atoms with Crippen molar-refractivity contribution >= 4 is 56.6 Å². The Morgan fingerprint density at radius 3 is 2.45 bits per heavy atom. The molecule has 0 N–H and O–H groups in total. The third-order valence-corrected chi connectivity index (χ3v) is 6.26. The summed E-state index contributed by atoms with van der Waals surface area (Å²) >= 11 is 7.64. The van der Waals surface area contributed by atoms with Crippen LogP contribution < -0.4 is 14.4 Å².